The minimum atomic E-state index is -4.74. The molecular weight excluding hydrogens is 277 g/mol. The van der Waals surface area contributed by atoms with E-state index >= 15 is 0 Å². The second kappa shape index (κ2) is 5.12. The summed E-state index contributed by atoms with van der Waals surface area (Å²) < 4.78 is 37.1. The van der Waals surface area contributed by atoms with Crippen LogP contribution in [-0.2, 0) is 11.0 Å². The Kier molecular flexibility index (Phi) is 4.00. The first-order valence-corrected chi connectivity index (χ1v) is 5.20. The van der Waals surface area contributed by atoms with Crippen molar-refractivity contribution < 1.29 is 22.8 Å². The van der Waals surface area contributed by atoms with Gasteiger partial charge in [-0.3, -0.25) is 10.1 Å². The number of alkyl halides is 3. The molecule has 0 atom stereocenters. The maximum atomic E-state index is 12.3. The molecule has 1 heterocycles. The molecule has 3 amide bonds. The number of nitrogens with one attached hydrogen (secondary N) is 1. The van der Waals surface area contributed by atoms with Gasteiger partial charge in [0.05, 0.1) is 5.75 Å². The lowest BCUT2D eigenvalue weighted by atomic mass is 10.6. The van der Waals surface area contributed by atoms with Crippen LogP contribution < -0.4 is 16.9 Å². The normalized spacial score (nSPS) is 11.3. The summed E-state index contributed by atoms with van der Waals surface area (Å²) in [4.78, 5) is 21.3. The van der Waals surface area contributed by atoms with Gasteiger partial charge in [-0.25, -0.2) is 9.47 Å². The predicted molar refractivity (Wildman–Crippen MR) is 53.6 cm³/mol. The van der Waals surface area contributed by atoms with Crippen LogP contribution in [0.15, 0.2) is 5.16 Å². The van der Waals surface area contributed by atoms with Gasteiger partial charge in [-0.1, -0.05) is 11.8 Å². The van der Waals surface area contributed by atoms with Crippen molar-refractivity contribution in [1.29, 1.82) is 0 Å². The molecule has 0 aliphatic heterocycles. The van der Waals surface area contributed by atoms with E-state index in [1.165, 1.54) is 0 Å². The van der Waals surface area contributed by atoms with Crippen LogP contribution in [0, 0.1) is 0 Å². The van der Waals surface area contributed by atoms with Crippen molar-refractivity contribution in [2.75, 3.05) is 11.6 Å². The lowest BCUT2D eigenvalue weighted by Gasteiger charge is -2.05. The molecule has 0 saturated carbocycles. The van der Waals surface area contributed by atoms with Crippen LogP contribution in [0.5, 0.6) is 0 Å². The minimum absolute atomic E-state index is 0.211. The average molecular weight is 284 g/mol. The van der Waals surface area contributed by atoms with Gasteiger partial charge in [0.15, 0.2) is 0 Å². The number of aromatic nitrogens is 3. The maximum Gasteiger partial charge on any atom is 0.453 e. The fourth-order valence-electron chi connectivity index (χ4n) is 0.872. The number of carbonyl (C=O) groups is 2. The van der Waals surface area contributed by atoms with Gasteiger partial charge in [0.1, 0.15) is 0 Å². The SMILES string of the molecule is NC(=O)NC(=O)CSc1nnc(C(F)(F)F)n1N. The van der Waals surface area contributed by atoms with E-state index in [9.17, 15) is 22.8 Å². The van der Waals surface area contributed by atoms with Crippen molar-refractivity contribution in [1.82, 2.24) is 20.2 Å². The average Bonchev–Trinajstić information content (AvgIpc) is 2.55. The van der Waals surface area contributed by atoms with Crippen LogP contribution in [0.1, 0.15) is 5.82 Å². The number of nitrogens with zero attached hydrogens (tertiary/aromatic N) is 3. The minimum Gasteiger partial charge on any atom is -0.351 e. The Labute approximate surface area is 102 Å². The number of rotatable bonds is 3. The summed E-state index contributed by atoms with van der Waals surface area (Å²) in [7, 11) is 0. The third kappa shape index (κ3) is 3.51. The van der Waals surface area contributed by atoms with E-state index in [4.69, 9.17) is 5.84 Å². The van der Waals surface area contributed by atoms with Gasteiger partial charge in [-0.2, -0.15) is 13.2 Å². The molecule has 1 aromatic rings. The molecule has 0 radical (unpaired) electrons. The molecule has 0 aliphatic rings. The summed E-state index contributed by atoms with van der Waals surface area (Å²) in [5, 5.41) is 7.42. The summed E-state index contributed by atoms with van der Waals surface area (Å²) in [6, 6.07) is -1.06. The Hall–Kier alpha value is -1.98. The highest BCUT2D eigenvalue weighted by Gasteiger charge is 2.38. The van der Waals surface area contributed by atoms with Crippen molar-refractivity contribution in [2.45, 2.75) is 11.3 Å². The molecule has 0 bridgehead atoms. The van der Waals surface area contributed by atoms with E-state index < -0.39 is 23.9 Å². The third-order valence-corrected chi connectivity index (χ3v) is 2.46. The highest BCUT2D eigenvalue weighted by molar-refractivity contribution is 7.99. The molecule has 8 nitrogen and oxygen atoms in total. The lowest BCUT2D eigenvalue weighted by Crippen LogP contribution is -2.36. The number of imide groups is 1. The number of hydrogen-bond acceptors (Lipinski definition) is 6. The predicted octanol–water partition coefficient (Wildman–Crippen LogP) is -0.702. The van der Waals surface area contributed by atoms with Crippen LogP contribution in [-0.4, -0.2) is 32.6 Å². The van der Waals surface area contributed by atoms with E-state index in [1.54, 1.807) is 5.32 Å². The fourth-order valence-corrected chi connectivity index (χ4v) is 1.53. The van der Waals surface area contributed by atoms with E-state index in [1.807, 2.05) is 0 Å². The molecule has 100 valence electrons. The second-order valence-electron chi connectivity index (χ2n) is 2.88. The van der Waals surface area contributed by atoms with Gasteiger partial charge in [-0.15, -0.1) is 10.2 Å². The van der Waals surface area contributed by atoms with Crippen LogP contribution in [0.3, 0.4) is 0 Å². The van der Waals surface area contributed by atoms with E-state index in [2.05, 4.69) is 15.9 Å². The summed E-state index contributed by atoms with van der Waals surface area (Å²) in [5.74, 6) is 2.55. The number of amides is 3. The molecular formula is C6H7F3N6O2S. The summed E-state index contributed by atoms with van der Waals surface area (Å²) in [6.45, 7) is 0. The Bertz CT molecular complexity index is 472. The van der Waals surface area contributed by atoms with E-state index in [0.717, 1.165) is 0 Å². The molecule has 0 fully saturated rings. The van der Waals surface area contributed by atoms with Crippen molar-refractivity contribution in [3.05, 3.63) is 5.82 Å². The zero-order valence-corrected chi connectivity index (χ0v) is 9.38. The van der Waals surface area contributed by atoms with Crippen LogP contribution in [0.25, 0.3) is 0 Å². The second-order valence-corrected chi connectivity index (χ2v) is 3.82. The third-order valence-electron chi connectivity index (χ3n) is 1.51. The van der Waals surface area contributed by atoms with Gasteiger partial charge >= 0.3 is 12.2 Å². The molecule has 18 heavy (non-hydrogen) atoms. The van der Waals surface area contributed by atoms with Crippen LogP contribution in [0.2, 0.25) is 0 Å². The fraction of sp³-hybridized carbons (Fsp3) is 0.333. The first-order valence-electron chi connectivity index (χ1n) is 4.21. The first-order chi connectivity index (χ1) is 8.21. The number of primary amides is 1. The number of hydrogen-bond donors (Lipinski definition) is 3. The van der Waals surface area contributed by atoms with Gasteiger partial charge in [-0.05, 0) is 0 Å². The molecule has 0 saturated heterocycles. The smallest absolute Gasteiger partial charge is 0.351 e. The molecule has 0 aromatic carbocycles. The summed E-state index contributed by atoms with van der Waals surface area (Å²) in [5.41, 5.74) is 4.67. The molecule has 0 spiro atoms. The zero-order valence-electron chi connectivity index (χ0n) is 8.56. The Balaban J connectivity index is 2.67. The Morgan fingerprint density at radius 2 is 2.00 bits per heavy atom. The molecule has 1 rings (SSSR count). The quantitative estimate of drug-likeness (QED) is 0.497. The molecule has 5 N–H and O–H groups in total. The number of carbonyl (C=O) groups excluding carboxylic acids is 2. The number of thioether (sulfide) groups is 1. The molecule has 0 unspecified atom stereocenters. The topological polar surface area (TPSA) is 129 Å². The van der Waals surface area contributed by atoms with E-state index in [0.29, 0.717) is 11.8 Å². The molecule has 1 aromatic heterocycles. The van der Waals surface area contributed by atoms with Gasteiger partial charge < -0.3 is 11.6 Å². The highest BCUT2D eigenvalue weighted by Crippen LogP contribution is 2.28. The summed E-state index contributed by atoms with van der Waals surface area (Å²) in [6.07, 6.45) is -4.74. The van der Waals surface area contributed by atoms with Gasteiger partial charge in [0, 0.05) is 0 Å². The van der Waals surface area contributed by atoms with Crippen molar-refractivity contribution in [3.8, 4) is 0 Å². The molecule has 0 aliphatic carbocycles. The monoisotopic (exact) mass is 284 g/mol. The van der Waals surface area contributed by atoms with Crippen LogP contribution >= 0.6 is 11.8 Å². The number of nitrogens with two attached hydrogens (primary N) is 2. The van der Waals surface area contributed by atoms with Crippen molar-refractivity contribution >= 4 is 23.7 Å². The number of nitrogen functional groups attached to an aromatic ring is 1. The van der Waals surface area contributed by atoms with Gasteiger partial charge in [0.25, 0.3) is 5.82 Å². The number of halogens is 3. The summed E-state index contributed by atoms with van der Waals surface area (Å²) >= 11 is 0.579. The molecule has 12 heteroatoms. The van der Waals surface area contributed by atoms with E-state index in [-0.39, 0.29) is 15.6 Å². The lowest BCUT2D eigenvalue weighted by molar-refractivity contribution is -0.146. The number of urea groups is 1. The largest absolute Gasteiger partial charge is 0.453 e. The van der Waals surface area contributed by atoms with Crippen molar-refractivity contribution in [3.63, 3.8) is 0 Å². The first kappa shape index (κ1) is 14.1. The van der Waals surface area contributed by atoms with Gasteiger partial charge in [0.2, 0.25) is 11.1 Å². The highest BCUT2D eigenvalue weighted by atomic mass is 32.2. The Morgan fingerprint density at radius 3 is 2.44 bits per heavy atom. The Morgan fingerprint density at radius 1 is 1.39 bits per heavy atom. The van der Waals surface area contributed by atoms with Crippen LogP contribution in [0.4, 0.5) is 18.0 Å². The zero-order chi connectivity index (χ0) is 13.9. The standard InChI is InChI=1S/C6H7F3N6O2S/c7-6(8,9)3-13-14-5(15(3)11)18-1-2(16)12-4(10)17/h1,11H2,(H3,10,12,16,17). The van der Waals surface area contributed by atoms with Crippen molar-refractivity contribution in [2.24, 2.45) is 5.73 Å². The maximum absolute atomic E-state index is 12.3.